The molecule has 2 aromatic rings. The summed E-state index contributed by atoms with van der Waals surface area (Å²) < 4.78 is 49.2. The molecule has 0 spiro atoms. The van der Waals surface area contributed by atoms with Crippen LogP contribution in [0.25, 0.3) is 0 Å². The molecule has 44 nitrogen and oxygen atoms in total. The normalized spacial score (nSPS) is 10.2. The molecule has 112 heavy (non-hydrogen) atoms. The number of aliphatic hydroxyl groups is 1. The summed E-state index contributed by atoms with van der Waals surface area (Å²) in [5.41, 5.74) is 15.2. The van der Waals surface area contributed by atoms with Gasteiger partial charge in [-0.15, -0.1) is 66.0 Å². The molecule has 5 amide bonds. The van der Waals surface area contributed by atoms with Crippen molar-refractivity contribution in [2.75, 3.05) is 112 Å². The van der Waals surface area contributed by atoms with Gasteiger partial charge in [-0.2, -0.15) is 0 Å². The van der Waals surface area contributed by atoms with E-state index in [-0.39, 0.29) is 161 Å². The van der Waals surface area contributed by atoms with E-state index in [2.05, 4.69) is 57.9 Å². The zero-order valence-electron chi connectivity index (χ0n) is 64.5. The van der Waals surface area contributed by atoms with E-state index in [1.807, 2.05) is 6.92 Å². The van der Waals surface area contributed by atoms with Gasteiger partial charge in [-0.3, -0.25) is 47.5 Å². The Morgan fingerprint density at radius 1 is 0.589 bits per heavy atom. The molecule has 3 atom stereocenters. The summed E-state index contributed by atoms with van der Waals surface area (Å²) in [5.74, 6) is -5.77. The third-order valence-electron chi connectivity index (χ3n) is 12.4. The number of benzene rings is 2. The molecule has 0 aliphatic rings. The van der Waals surface area contributed by atoms with Crippen molar-refractivity contribution in [2.24, 2.45) is 17.2 Å². The Kier molecular flexibility index (Phi) is 89.2. The molecule has 0 saturated heterocycles. The number of nitrogens with one attached hydrogen (secondary N) is 3. The molecule has 0 saturated carbocycles. The fourth-order valence-electron chi connectivity index (χ4n) is 7.36. The van der Waals surface area contributed by atoms with Gasteiger partial charge in [0, 0.05) is 45.2 Å². The minimum atomic E-state index is -1.06. The number of carbonyl (C=O) groups excluding carboxylic acids is 7. The second-order valence-electron chi connectivity index (χ2n) is 20.6. The second-order valence-corrected chi connectivity index (χ2v) is 20.6. The number of methoxy groups -OCH3 is 4. The second kappa shape index (κ2) is 83.2. The zero-order valence-corrected chi connectivity index (χ0v) is 64.4. The van der Waals surface area contributed by atoms with Gasteiger partial charge in [0.15, 0.2) is 11.5 Å². The van der Waals surface area contributed by atoms with E-state index in [1.165, 1.54) is 52.7 Å². The Morgan fingerprint density at radius 3 is 1.30 bits per heavy atom. The average Bonchev–Trinajstić information content (AvgIpc) is 0.824. The predicted molar refractivity (Wildman–Crippen MR) is 397 cm³/mol. The fourth-order valence-corrected chi connectivity index (χ4v) is 7.36. The number of alkyl halides is 1. The SMILES string of the molecule is C.C=CCCCC(=O)O.C=CCCCC(=O)OC.CCC(CCCC(=O)O)O[N+](=O)[O-].CCC(CCCC(=O)OC)O[N+](=O)[O-].CCCNC(=O)CCCC(CO[N+](=O)[O-])O[N+](=O)[O-].COc1ccc(NC(=O)COCCO)c(O)c1C(N)=O.COc1ccc(NC(=O)COCCOCCN)c(O)c1C(N)=O.Cl.[2H]CF.[Li+].[OH-]. The molecule has 0 radical (unpaired) electrons. The summed E-state index contributed by atoms with van der Waals surface area (Å²) >= 11 is 0. The van der Waals surface area contributed by atoms with Gasteiger partial charge in [-0.05, 0) is 108 Å². The molecule has 642 valence electrons. The number of ether oxygens (including phenoxy) is 7. The smallest absolute Gasteiger partial charge is 0.870 e. The van der Waals surface area contributed by atoms with E-state index < -0.39 is 99.5 Å². The minimum absolute atomic E-state index is 0. The van der Waals surface area contributed by atoms with E-state index in [9.17, 15) is 98.2 Å². The number of aliphatic hydroxyl groups excluding tert-OH is 1. The van der Waals surface area contributed by atoms with Crippen LogP contribution >= 0.6 is 12.4 Å². The Morgan fingerprint density at radius 2 is 0.955 bits per heavy atom. The third kappa shape index (κ3) is 75.2. The molecule has 0 heterocycles. The van der Waals surface area contributed by atoms with Crippen LogP contribution in [0.2, 0.25) is 0 Å². The van der Waals surface area contributed by atoms with Crippen molar-refractivity contribution in [3.05, 3.63) is 101 Å². The van der Waals surface area contributed by atoms with Crippen molar-refractivity contribution >= 4 is 77.2 Å². The number of aliphatic carboxylic acids is 2. The third-order valence-corrected chi connectivity index (χ3v) is 12.4. The molecule has 0 aliphatic heterocycles. The van der Waals surface area contributed by atoms with Crippen LogP contribution in [-0.4, -0.2) is 225 Å². The van der Waals surface area contributed by atoms with Crippen LogP contribution in [0.3, 0.4) is 0 Å². The maximum Gasteiger partial charge on any atom is 1.00 e. The fraction of sp³-hybridized carbons (Fsp3) is 0.615. The first kappa shape index (κ1) is 120. The molecular weight excluding hydrogens is 1530 g/mol. The molecule has 0 aromatic heterocycles. The first-order chi connectivity index (χ1) is 51.6. The number of carbonyl (C=O) groups is 9. The van der Waals surface area contributed by atoms with Crippen molar-refractivity contribution in [1.82, 2.24) is 5.32 Å². The van der Waals surface area contributed by atoms with Crippen LogP contribution < -0.4 is 61.5 Å². The Hall–Kier alpha value is -10.3. The minimum Gasteiger partial charge on any atom is -0.870 e. The van der Waals surface area contributed by atoms with Gasteiger partial charge in [0.1, 0.15) is 60.8 Å². The molecule has 2 aromatic carbocycles. The van der Waals surface area contributed by atoms with Crippen molar-refractivity contribution < 1.29 is 172 Å². The quantitative estimate of drug-likeness (QED) is 0.00861. The van der Waals surface area contributed by atoms with E-state index in [0.717, 1.165) is 25.7 Å². The monoisotopic (exact) mass is 1640 g/mol. The number of aromatic hydroxyl groups is 2. The number of rotatable bonds is 50. The van der Waals surface area contributed by atoms with Crippen LogP contribution in [-0.2, 0) is 76.6 Å². The van der Waals surface area contributed by atoms with Crippen LogP contribution in [0.5, 0.6) is 23.0 Å². The number of nitrogens with two attached hydrogens (primary N) is 3. The van der Waals surface area contributed by atoms with Gasteiger partial charge in [0.25, 0.3) is 32.2 Å². The molecule has 0 bridgehead atoms. The number of anilines is 2. The number of primary amides is 2. The Bertz CT molecular complexity index is 2980. The number of amides is 5. The van der Waals surface area contributed by atoms with E-state index in [0.29, 0.717) is 84.1 Å². The number of unbranched alkanes of at least 4 members (excludes halogenated alkanes) is 2. The van der Waals surface area contributed by atoms with E-state index in [1.54, 1.807) is 26.0 Å². The van der Waals surface area contributed by atoms with Crippen LogP contribution in [0.15, 0.2) is 49.6 Å². The van der Waals surface area contributed by atoms with Crippen LogP contribution in [0.1, 0.15) is 166 Å². The zero-order chi connectivity index (χ0) is 84.5. The summed E-state index contributed by atoms with van der Waals surface area (Å²) in [6, 6.07) is 5.56. The molecule has 15 N–H and O–H groups in total. The van der Waals surface area contributed by atoms with Gasteiger partial charge >= 0.3 is 42.7 Å². The number of allylic oxidation sites excluding steroid dienone is 2. The molecule has 0 fully saturated rings. The van der Waals surface area contributed by atoms with Crippen LogP contribution in [0.4, 0.5) is 15.8 Å². The van der Waals surface area contributed by atoms with Crippen LogP contribution in [0, 0.1) is 40.5 Å². The number of phenols is 2. The maximum atomic E-state index is 11.7. The largest absolute Gasteiger partial charge is 1.00 e. The predicted octanol–water partition coefficient (Wildman–Crippen LogP) is 3.30. The number of esters is 2. The molecule has 3 unspecified atom stereocenters. The maximum absolute atomic E-state index is 11.7. The molecule has 2 rings (SSSR count). The standard InChI is InChI=1S/C14H21N3O6.C12H16N2O6.C9H17N3O7.C8H15NO5.C7H13NO5.C7H12O2.C6H10O2.CH3F.CH4.ClH.Li.H2O/c1-21-10-3-2-9(13(19)12(10)14(16)20)17-11(18)8-23-7-6-22-5-4-15;1-19-8-3-2-7(11(17)10(8)12(13)18)14-9(16)6-20-5-4-15;1-2-6-10-9(13)5-3-4-8(19-12(16)17)7-18-11(14)15;1-3-7(14-9(11)12)5-4-6-8(10)13-2;1-2-6(13-8(11)12)4-3-5-7(9)10;1-3-4-5-6-7(8)9-2;1-2-3-4-5-6(7)8;1-2;;;;/h2-3,19H,4-8,15H2,1H3,(H2,16,20)(H,17,18);2-3,15,17H,4-6H2,1H3,(H2,13,18)(H,14,16);8H,2-7H2,1H3,(H,10,13);7H,3-6H2,1-2H3;6H,2-5H2,1H3,(H,9,10);3H,1,4-6H2,2H3;2H,1,3-5H2,(H,7,8);1H3;1H4;1H;;1H2/q;;;;;;;;;;+1;/p-1/i;;;;;;;1D;;;;. The average molecular weight is 1640 g/mol. The number of hydrogen-bond donors (Lipinski definition) is 11. The Labute approximate surface area is 667 Å². The van der Waals surface area contributed by atoms with E-state index in [4.69, 9.17) is 57.6 Å². The van der Waals surface area contributed by atoms with Gasteiger partial charge in [0.05, 0.1) is 81.4 Å². The topological polar surface area (TPSA) is 673 Å². The van der Waals surface area contributed by atoms with Gasteiger partial charge in [-0.1, -0.05) is 40.3 Å². The van der Waals surface area contributed by atoms with E-state index >= 15 is 0 Å². The molecule has 47 heteroatoms. The van der Waals surface area contributed by atoms with Crippen molar-refractivity contribution in [3.8, 4) is 23.0 Å². The number of halogens is 2. The number of nitrogens with zero attached hydrogens (tertiary/aromatic N) is 4. The summed E-state index contributed by atoms with van der Waals surface area (Å²) in [6.07, 6.45) is 10.2. The number of carboxylic acid groups (broad SMARTS) is 2. The number of hydrogen-bond acceptors (Lipinski definition) is 33. The Balaban J connectivity index is -0.000000138. The molecule has 0 aliphatic carbocycles. The summed E-state index contributed by atoms with van der Waals surface area (Å²) in [7, 11) is 4.37. The summed E-state index contributed by atoms with van der Waals surface area (Å²) in [4.78, 5) is 155. The number of carboxylic acids is 2. The first-order valence-electron chi connectivity index (χ1n) is 33.5. The first-order valence-corrected chi connectivity index (χ1v) is 32.8. The summed E-state index contributed by atoms with van der Waals surface area (Å²) in [6.45, 7) is 13.2. The molecular formula is C65H113ClFLiN10O34. The van der Waals surface area contributed by atoms with Crippen molar-refractivity contribution in [1.29, 1.82) is 0 Å². The van der Waals surface area contributed by atoms with Crippen molar-refractivity contribution in [3.63, 3.8) is 0 Å². The van der Waals surface area contributed by atoms with Gasteiger partial charge in [0.2, 0.25) is 17.7 Å². The van der Waals surface area contributed by atoms with Gasteiger partial charge in [-0.25, -0.2) is 0 Å². The van der Waals surface area contributed by atoms with Crippen molar-refractivity contribution in [2.45, 2.75) is 162 Å². The van der Waals surface area contributed by atoms with Gasteiger partial charge < -0.3 is 117 Å². The summed E-state index contributed by atoms with van der Waals surface area (Å²) in [5, 5.41) is 88.7.